The predicted octanol–water partition coefficient (Wildman–Crippen LogP) is 2.42. The Morgan fingerprint density at radius 3 is 2.32 bits per heavy atom. The van der Waals surface area contributed by atoms with Crippen LogP contribution < -0.4 is 5.32 Å². The van der Waals surface area contributed by atoms with E-state index in [4.69, 9.17) is 0 Å². The Morgan fingerprint density at radius 1 is 1.16 bits per heavy atom. The first-order chi connectivity index (χ1) is 9.33. The van der Waals surface area contributed by atoms with Crippen LogP contribution in [0, 0.1) is 11.8 Å². The molecule has 0 spiro atoms. The van der Waals surface area contributed by atoms with E-state index in [0.29, 0.717) is 0 Å². The lowest BCUT2D eigenvalue weighted by Gasteiger charge is -2.21. The van der Waals surface area contributed by atoms with Crippen molar-refractivity contribution in [2.24, 2.45) is 11.8 Å². The van der Waals surface area contributed by atoms with E-state index in [1.54, 1.807) is 0 Å². The molecule has 0 amide bonds. The van der Waals surface area contributed by atoms with Crippen LogP contribution in [0.3, 0.4) is 0 Å². The van der Waals surface area contributed by atoms with Crippen LogP contribution in [0.4, 0.5) is 0 Å². The largest absolute Gasteiger partial charge is 0.316 e. The van der Waals surface area contributed by atoms with Crippen molar-refractivity contribution < 1.29 is 0 Å². The van der Waals surface area contributed by atoms with Gasteiger partial charge >= 0.3 is 0 Å². The third kappa shape index (κ3) is 4.29. The molecule has 1 aromatic rings. The highest BCUT2D eigenvalue weighted by atomic mass is 15.1. The maximum Gasteiger partial charge on any atom is 0.0544 e. The van der Waals surface area contributed by atoms with E-state index in [1.807, 2.05) is 13.2 Å². The van der Waals surface area contributed by atoms with Gasteiger partial charge in [0.05, 0.1) is 5.69 Å². The van der Waals surface area contributed by atoms with Crippen molar-refractivity contribution >= 4 is 0 Å². The summed E-state index contributed by atoms with van der Waals surface area (Å²) in [4.78, 5) is 7.25. The van der Waals surface area contributed by atoms with Crippen molar-refractivity contribution in [1.29, 1.82) is 0 Å². The summed E-state index contributed by atoms with van der Waals surface area (Å²) in [7, 11) is 1.97. The van der Waals surface area contributed by atoms with Gasteiger partial charge in [-0.15, -0.1) is 0 Å². The maximum atomic E-state index is 4.61. The molecular formula is C16H25N3. The fourth-order valence-corrected chi connectivity index (χ4v) is 2.62. The number of hydrogen-bond acceptors (Lipinski definition) is 3. The van der Waals surface area contributed by atoms with E-state index in [9.17, 15) is 0 Å². The molecule has 104 valence electrons. The maximum absolute atomic E-state index is 4.61. The normalized spacial score (nSPS) is 19.1. The van der Waals surface area contributed by atoms with Gasteiger partial charge in [0.25, 0.3) is 0 Å². The Morgan fingerprint density at radius 2 is 1.84 bits per heavy atom. The van der Waals surface area contributed by atoms with Crippen LogP contribution in [-0.4, -0.2) is 30.0 Å². The van der Waals surface area contributed by atoms with Gasteiger partial charge in [0.2, 0.25) is 0 Å². The minimum atomic E-state index is 0.904. The number of hydrogen-bond donors (Lipinski definition) is 1. The summed E-state index contributed by atoms with van der Waals surface area (Å²) in [5.74, 6) is 1.95. The van der Waals surface area contributed by atoms with Crippen LogP contribution in [-0.2, 0) is 13.1 Å². The molecule has 3 nitrogen and oxygen atoms in total. The van der Waals surface area contributed by atoms with Crippen molar-refractivity contribution in [1.82, 2.24) is 15.2 Å². The number of rotatable bonds is 8. The lowest BCUT2D eigenvalue weighted by atomic mass is 10.2. The monoisotopic (exact) mass is 259 g/mol. The zero-order chi connectivity index (χ0) is 13.1. The molecule has 3 heteroatoms. The Labute approximate surface area is 116 Å². The zero-order valence-electron chi connectivity index (χ0n) is 11.9. The zero-order valence-corrected chi connectivity index (χ0v) is 11.9. The van der Waals surface area contributed by atoms with Crippen LogP contribution in [0.5, 0.6) is 0 Å². The first kappa shape index (κ1) is 13.1. The van der Waals surface area contributed by atoms with Crippen molar-refractivity contribution in [3.8, 4) is 0 Å². The average molecular weight is 259 g/mol. The molecule has 0 atom stereocenters. The van der Waals surface area contributed by atoms with Crippen LogP contribution >= 0.6 is 0 Å². The molecule has 0 unspecified atom stereocenters. The molecule has 0 bridgehead atoms. The molecule has 1 heterocycles. The molecular weight excluding hydrogens is 234 g/mol. The number of aromatic nitrogens is 1. The molecule has 19 heavy (non-hydrogen) atoms. The molecule has 0 saturated heterocycles. The van der Waals surface area contributed by atoms with E-state index in [2.05, 4.69) is 27.3 Å². The minimum absolute atomic E-state index is 0.904. The highest BCUT2D eigenvalue weighted by Crippen LogP contribution is 2.34. The van der Waals surface area contributed by atoms with Gasteiger partial charge in [-0.3, -0.25) is 9.88 Å². The van der Waals surface area contributed by atoms with Crippen molar-refractivity contribution in [2.75, 3.05) is 20.1 Å². The summed E-state index contributed by atoms with van der Waals surface area (Å²) < 4.78 is 0. The standard InChI is InChI=1S/C16H25N3/c1-17-8-15-6-7-16(18-9-15)12-19(10-13-2-3-13)11-14-4-5-14/h6-7,9,13-14,17H,2-5,8,10-12H2,1H3. The molecule has 0 aromatic carbocycles. The summed E-state index contributed by atoms with van der Waals surface area (Å²) >= 11 is 0. The molecule has 2 aliphatic carbocycles. The number of nitrogens with zero attached hydrogens (tertiary/aromatic N) is 2. The highest BCUT2D eigenvalue weighted by molar-refractivity contribution is 5.14. The SMILES string of the molecule is CNCc1ccc(CN(CC2CC2)CC2CC2)nc1. The van der Waals surface area contributed by atoms with Gasteiger partial charge < -0.3 is 5.32 Å². The summed E-state index contributed by atoms with van der Waals surface area (Å²) in [5, 5.41) is 3.16. The van der Waals surface area contributed by atoms with Gasteiger partial charge in [0, 0.05) is 32.4 Å². The van der Waals surface area contributed by atoms with E-state index in [1.165, 1.54) is 50.0 Å². The molecule has 0 radical (unpaired) electrons. The van der Waals surface area contributed by atoms with Gasteiger partial charge in [-0.2, -0.15) is 0 Å². The summed E-state index contributed by atoms with van der Waals surface area (Å²) in [6.07, 6.45) is 7.77. The van der Waals surface area contributed by atoms with Gasteiger partial charge in [-0.1, -0.05) is 6.07 Å². The number of pyridine rings is 1. The molecule has 1 N–H and O–H groups in total. The smallest absolute Gasteiger partial charge is 0.0544 e. The van der Waals surface area contributed by atoms with Crippen molar-refractivity contribution in [2.45, 2.75) is 38.8 Å². The van der Waals surface area contributed by atoms with Gasteiger partial charge in [0.1, 0.15) is 0 Å². The lowest BCUT2D eigenvalue weighted by Crippen LogP contribution is -2.28. The predicted molar refractivity (Wildman–Crippen MR) is 77.7 cm³/mol. The summed E-state index contributed by atoms with van der Waals surface area (Å²) in [6.45, 7) is 4.51. The number of nitrogens with one attached hydrogen (secondary N) is 1. The lowest BCUT2D eigenvalue weighted by molar-refractivity contribution is 0.241. The molecule has 1 aromatic heterocycles. The molecule has 0 aliphatic heterocycles. The highest BCUT2D eigenvalue weighted by Gasteiger charge is 2.29. The Bertz CT molecular complexity index is 379. The van der Waals surface area contributed by atoms with Crippen LogP contribution in [0.25, 0.3) is 0 Å². The van der Waals surface area contributed by atoms with Crippen LogP contribution in [0.1, 0.15) is 36.9 Å². The van der Waals surface area contributed by atoms with Gasteiger partial charge in [-0.25, -0.2) is 0 Å². The molecule has 3 rings (SSSR count). The third-order valence-corrected chi connectivity index (χ3v) is 4.08. The molecule has 2 aliphatic rings. The second-order valence-corrected chi connectivity index (χ2v) is 6.27. The Kier molecular flexibility index (Phi) is 4.14. The first-order valence-electron chi connectivity index (χ1n) is 7.64. The topological polar surface area (TPSA) is 28.2 Å². The Hall–Kier alpha value is -0.930. The fourth-order valence-electron chi connectivity index (χ4n) is 2.62. The van der Waals surface area contributed by atoms with E-state index < -0.39 is 0 Å². The quantitative estimate of drug-likeness (QED) is 0.777. The summed E-state index contributed by atoms with van der Waals surface area (Å²) in [5.41, 5.74) is 2.49. The molecule has 2 saturated carbocycles. The van der Waals surface area contributed by atoms with Gasteiger partial charge in [-0.05, 0) is 56.2 Å². The minimum Gasteiger partial charge on any atom is -0.316 e. The summed E-state index contributed by atoms with van der Waals surface area (Å²) in [6, 6.07) is 4.39. The van der Waals surface area contributed by atoms with E-state index >= 15 is 0 Å². The van der Waals surface area contributed by atoms with Crippen molar-refractivity contribution in [3.05, 3.63) is 29.6 Å². The van der Waals surface area contributed by atoms with E-state index in [0.717, 1.165) is 24.9 Å². The third-order valence-electron chi connectivity index (χ3n) is 4.08. The second-order valence-electron chi connectivity index (χ2n) is 6.27. The fraction of sp³-hybridized carbons (Fsp3) is 0.688. The van der Waals surface area contributed by atoms with Gasteiger partial charge in [0.15, 0.2) is 0 Å². The average Bonchev–Trinajstić information content (AvgIpc) is 3.28. The van der Waals surface area contributed by atoms with E-state index in [-0.39, 0.29) is 0 Å². The Balaban J connectivity index is 1.55. The second kappa shape index (κ2) is 6.02. The first-order valence-corrected chi connectivity index (χ1v) is 7.64. The van der Waals surface area contributed by atoms with Crippen LogP contribution in [0.2, 0.25) is 0 Å². The van der Waals surface area contributed by atoms with Crippen molar-refractivity contribution in [3.63, 3.8) is 0 Å². The molecule has 2 fully saturated rings. The van der Waals surface area contributed by atoms with Crippen LogP contribution in [0.15, 0.2) is 18.3 Å².